The summed E-state index contributed by atoms with van der Waals surface area (Å²) in [4.78, 5) is 0. The van der Waals surface area contributed by atoms with Crippen LogP contribution in [0.25, 0.3) is 141 Å². The first-order valence-electron chi connectivity index (χ1n) is 40.1. The fourth-order valence-electron chi connectivity index (χ4n) is 19.0. The van der Waals surface area contributed by atoms with Gasteiger partial charge in [-0.05, 0) is 311 Å². The molecule has 4 aliphatic rings. The van der Waals surface area contributed by atoms with Crippen LogP contribution in [0.1, 0.15) is 111 Å². The Morgan fingerprint density at radius 1 is 0.134 bits per heavy atom. The van der Waals surface area contributed by atoms with Crippen LogP contribution >= 0.6 is 0 Å². The molecule has 0 aromatic heterocycles. The molecular weight excluding hydrogens is 1350 g/mol. The second kappa shape index (κ2) is 29.1. The minimum absolute atomic E-state index is 1.06. The first kappa shape index (κ1) is 71.1. The van der Waals surface area contributed by atoms with Gasteiger partial charge in [-0.1, -0.05) is 353 Å². The molecule has 0 amide bonds. The highest BCUT2D eigenvalue weighted by molar-refractivity contribution is 6.27. The van der Waals surface area contributed by atoms with Crippen molar-refractivity contribution in [3.05, 3.63) is 415 Å². The Labute approximate surface area is 660 Å². The van der Waals surface area contributed by atoms with Gasteiger partial charge in [0.15, 0.2) is 0 Å². The molecule has 0 unspecified atom stereocenters. The van der Waals surface area contributed by atoms with Gasteiger partial charge in [-0.3, -0.25) is 0 Å². The third kappa shape index (κ3) is 13.1. The van der Waals surface area contributed by atoms with Crippen molar-refractivity contribution < 1.29 is 0 Å². The molecule has 0 atom stereocenters. The van der Waals surface area contributed by atoms with E-state index in [1.807, 2.05) is 0 Å². The largest absolute Gasteiger partial charge is 0.0616 e. The van der Waals surface area contributed by atoms with E-state index in [2.05, 4.69) is 386 Å². The smallest absolute Gasteiger partial charge is 0.00128 e. The first-order valence-corrected chi connectivity index (χ1v) is 40.1. The highest BCUT2D eigenvalue weighted by Gasteiger charge is 2.26. The minimum Gasteiger partial charge on any atom is -0.0616 e. The minimum atomic E-state index is 1.06. The van der Waals surface area contributed by atoms with E-state index in [4.69, 9.17) is 0 Å². The van der Waals surface area contributed by atoms with Crippen LogP contribution in [0.15, 0.2) is 303 Å². The molecule has 0 N–H and O–H groups in total. The number of benzene rings is 19. The molecule has 542 valence electrons. The summed E-state index contributed by atoms with van der Waals surface area (Å²) in [6.45, 7) is 26.1. The summed E-state index contributed by atoms with van der Waals surface area (Å²) in [5.41, 5.74) is 39.5. The number of aryl methyl sites for hydroxylation is 12. The molecular formula is C112H94. The molecule has 19 aromatic carbocycles. The molecule has 0 spiro atoms. The predicted octanol–water partition coefficient (Wildman–Crippen LogP) is 30.5. The van der Waals surface area contributed by atoms with Gasteiger partial charge in [0, 0.05) is 0 Å². The van der Waals surface area contributed by atoms with Crippen LogP contribution in [0.2, 0.25) is 0 Å². The van der Waals surface area contributed by atoms with Crippen molar-refractivity contribution in [2.75, 3.05) is 0 Å². The summed E-state index contributed by atoms with van der Waals surface area (Å²) >= 11 is 0. The molecule has 0 nitrogen and oxygen atoms in total. The van der Waals surface area contributed by atoms with Crippen molar-refractivity contribution in [2.24, 2.45) is 0 Å². The topological polar surface area (TPSA) is 0 Å². The summed E-state index contributed by atoms with van der Waals surface area (Å²) in [6.07, 6.45) is 4.35. The van der Waals surface area contributed by atoms with Crippen LogP contribution in [0.3, 0.4) is 0 Å². The number of hydrogen-bond acceptors (Lipinski definition) is 0. The summed E-state index contributed by atoms with van der Waals surface area (Å²) in [5.74, 6) is 0. The molecule has 0 heteroatoms. The molecule has 112 heavy (non-hydrogen) atoms. The van der Waals surface area contributed by atoms with Gasteiger partial charge >= 0.3 is 0 Å². The van der Waals surface area contributed by atoms with Crippen LogP contribution in [-0.4, -0.2) is 0 Å². The lowest BCUT2D eigenvalue weighted by molar-refractivity contribution is 1.24. The monoisotopic (exact) mass is 1440 g/mol. The molecule has 0 aliphatic heterocycles. The second-order valence-electron chi connectivity index (χ2n) is 32.6. The van der Waals surface area contributed by atoms with Gasteiger partial charge in [-0.2, -0.15) is 0 Å². The van der Waals surface area contributed by atoms with Gasteiger partial charge in [0.1, 0.15) is 0 Å². The molecule has 0 saturated carbocycles. The van der Waals surface area contributed by atoms with Crippen LogP contribution in [0.5, 0.6) is 0 Å². The van der Waals surface area contributed by atoms with E-state index in [1.165, 1.54) is 253 Å². The van der Waals surface area contributed by atoms with Gasteiger partial charge in [-0.25, -0.2) is 0 Å². The molecule has 0 heterocycles. The zero-order valence-electron chi connectivity index (χ0n) is 66.7. The average molecular weight is 1440 g/mol. The Kier molecular flexibility index (Phi) is 18.5. The summed E-state index contributed by atoms with van der Waals surface area (Å²) in [5, 5.41) is 24.6. The summed E-state index contributed by atoms with van der Waals surface area (Å²) < 4.78 is 0. The average Bonchev–Trinajstić information content (AvgIpc) is 1.14. The fourth-order valence-corrected chi connectivity index (χ4v) is 19.0. The zero-order chi connectivity index (χ0) is 76.7. The van der Waals surface area contributed by atoms with Crippen LogP contribution in [-0.2, 0) is 25.7 Å². The normalized spacial score (nSPS) is 12.1. The molecule has 0 bridgehead atoms. The Morgan fingerprint density at radius 2 is 0.357 bits per heavy atom. The van der Waals surface area contributed by atoms with Crippen molar-refractivity contribution in [3.8, 4) is 44.5 Å². The number of hydrogen-bond donors (Lipinski definition) is 0. The molecule has 0 saturated heterocycles. The third-order valence-corrected chi connectivity index (χ3v) is 24.2. The number of rotatable bonds is 0. The van der Waals surface area contributed by atoms with E-state index in [-0.39, 0.29) is 0 Å². The van der Waals surface area contributed by atoms with Crippen molar-refractivity contribution >= 4 is 97.0 Å². The maximum absolute atomic E-state index is 2.39. The maximum atomic E-state index is 2.39. The second-order valence-corrected chi connectivity index (χ2v) is 32.6. The SMILES string of the molecule is Cc1cc2c(c3ccccc13)-c1c(cc(C)c3ccccc13)C2.Cc1ccc2c(c1)-c1cc(C)ccc1C2.Cc1ccc2c(c1)Cc1cc(C)c3ccccc3c1-2.Cc1ccc2c(c1)Cc1cc(C)ccc1-2.Cc1ccc2c3ccc(C)cc3c3ccccc3c2c1.Cc1ccc2c3ccccc3c3ccc(C)cc3c2c1. The quantitative estimate of drug-likeness (QED) is 0.133. The van der Waals surface area contributed by atoms with Crippen molar-refractivity contribution in [1.82, 2.24) is 0 Å². The standard InChI is InChI=1S/C23H18.2C20H16.C19H16.2C15H14/c1-14-11-16-13-17-12-15(2)19-8-4-6-10-21(19)23(17)22(16)20-9-5-3-7-18(14)20;1-13-7-9-17-18-10-8-14(2)12-20(18)16-6-4-3-5-15(16)19(17)11-13;1-13-7-9-17-15-5-3-4-6-16(15)18-10-8-14(2)12-20(18)19(17)11-13;1-12-7-8-17-14(9-12)11-15-10-13(2)16-5-3-4-6-18(16)19(15)17;1-10-3-5-14-12(7-10)9-13-8-11(2)4-6-15(13)14;1-10-3-5-12-9-13-6-4-11(2)8-15(13)14(12)7-10/h3-12H,13H2,1-2H3;2*3-12H,1-2H3;3-10H,11H2,1-2H3;2*3-8H,9H2,1-2H3. The van der Waals surface area contributed by atoms with E-state index in [1.54, 1.807) is 0 Å². The zero-order valence-corrected chi connectivity index (χ0v) is 66.7. The lowest BCUT2D eigenvalue weighted by Gasteiger charge is -2.13. The van der Waals surface area contributed by atoms with E-state index in [0.717, 1.165) is 25.7 Å². The van der Waals surface area contributed by atoms with Gasteiger partial charge in [0.25, 0.3) is 0 Å². The first-order chi connectivity index (χ1) is 54.4. The van der Waals surface area contributed by atoms with Gasteiger partial charge in [-0.15, -0.1) is 0 Å². The molecule has 23 rings (SSSR count). The van der Waals surface area contributed by atoms with E-state index < -0.39 is 0 Å². The van der Waals surface area contributed by atoms with Gasteiger partial charge in [0.05, 0.1) is 0 Å². The van der Waals surface area contributed by atoms with Crippen LogP contribution < -0.4 is 0 Å². The lowest BCUT2D eigenvalue weighted by atomic mass is 9.91. The van der Waals surface area contributed by atoms with Crippen molar-refractivity contribution in [3.63, 3.8) is 0 Å². The van der Waals surface area contributed by atoms with Crippen LogP contribution in [0, 0.1) is 83.1 Å². The van der Waals surface area contributed by atoms with E-state index >= 15 is 0 Å². The Balaban J connectivity index is 0.0000000944. The lowest BCUT2D eigenvalue weighted by Crippen LogP contribution is -1.88. The predicted molar refractivity (Wildman–Crippen MR) is 486 cm³/mol. The van der Waals surface area contributed by atoms with Crippen molar-refractivity contribution in [2.45, 2.75) is 109 Å². The van der Waals surface area contributed by atoms with E-state index in [0.29, 0.717) is 0 Å². The Hall–Kier alpha value is -12.5. The van der Waals surface area contributed by atoms with Crippen molar-refractivity contribution in [1.29, 1.82) is 0 Å². The van der Waals surface area contributed by atoms with Crippen LogP contribution in [0.4, 0.5) is 0 Å². The fraction of sp³-hybridized carbons (Fsp3) is 0.143. The molecule has 4 aliphatic carbocycles. The van der Waals surface area contributed by atoms with Gasteiger partial charge < -0.3 is 0 Å². The van der Waals surface area contributed by atoms with Gasteiger partial charge in [0.2, 0.25) is 0 Å². The molecule has 0 radical (unpaired) electrons. The Morgan fingerprint density at radius 3 is 0.723 bits per heavy atom. The molecule has 0 fully saturated rings. The maximum Gasteiger partial charge on any atom is -0.00128 e. The highest BCUT2D eigenvalue weighted by Crippen LogP contribution is 2.49. The highest BCUT2D eigenvalue weighted by atomic mass is 14.3. The third-order valence-electron chi connectivity index (χ3n) is 24.2. The molecule has 19 aromatic rings. The number of fused-ring (bicyclic) bond motifs is 30. The summed E-state index contributed by atoms with van der Waals surface area (Å²) in [6, 6.07) is 112. The van der Waals surface area contributed by atoms with E-state index in [9.17, 15) is 0 Å². The summed E-state index contributed by atoms with van der Waals surface area (Å²) in [7, 11) is 0. The Bertz CT molecular complexity index is 6690.